The van der Waals surface area contributed by atoms with Gasteiger partial charge in [-0.05, 0) is 42.5 Å². The second-order valence-corrected chi connectivity index (χ2v) is 11.7. The third kappa shape index (κ3) is 10.9. The molecule has 0 radical (unpaired) electrons. The molecule has 3 heterocycles. The number of anilines is 5. The molecule has 5 N–H and O–H groups in total. The summed E-state index contributed by atoms with van der Waals surface area (Å²) in [4.78, 5) is 45.6. The molecular formula is C31H24ClF6N7O6S. The lowest BCUT2D eigenvalue weighted by atomic mass is 10.1. The van der Waals surface area contributed by atoms with Gasteiger partial charge < -0.3 is 30.2 Å². The maximum atomic E-state index is 13.3. The zero-order chi connectivity index (χ0) is 38.2. The van der Waals surface area contributed by atoms with Crippen molar-refractivity contribution in [1.82, 2.24) is 19.5 Å². The first-order valence-corrected chi connectivity index (χ1v) is 15.7. The number of aromatic nitrogens is 4. The second-order valence-electron chi connectivity index (χ2n) is 10.2. The van der Waals surface area contributed by atoms with Gasteiger partial charge in [0.25, 0.3) is 5.91 Å². The molecule has 1 aliphatic rings. The van der Waals surface area contributed by atoms with Crippen LogP contribution in [0.5, 0.6) is 5.75 Å². The van der Waals surface area contributed by atoms with Gasteiger partial charge in [0.05, 0.1) is 23.8 Å². The molecule has 1 aliphatic heterocycles. The Morgan fingerprint density at radius 3 is 2.23 bits per heavy atom. The van der Waals surface area contributed by atoms with Crippen molar-refractivity contribution >= 4 is 81.3 Å². The van der Waals surface area contributed by atoms with Crippen LogP contribution < -0.4 is 20.7 Å². The monoisotopic (exact) mass is 771 g/mol. The summed E-state index contributed by atoms with van der Waals surface area (Å²) in [6.45, 7) is 0.452. The lowest BCUT2D eigenvalue weighted by molar-refractivity contribution is -0.193. The number of aryl methyl sites for hydroxylation is 1. The van der Waals surface area contributed by atoms with Gasteiger partial charge in [0, 0.05) is 40.7 Å². The zero-order valence-corrected chi connectivity index (χ0v) is 27.8. The van der Waals surface area contributed by atoms with E-state index in [2.05, 4.69) is 30.9 Å². The smallest absolute Gasteiger partial charge is 0.490 e. The van der Waals surface area contributed by atoms with Crippen LogP contribution in [0.4, 0.5) is 55.4 Å². The van der Waals surface area contributed by atoms with Crippen LogP contribution in [0.3, 0.4) is 0 Å². The van der Waals surface area contributed by atoms with E-state index in [1.54, 1.807) is 30.0 Å². The Labute approximate surface area is 298 Å². The Morgan fingerprint density at radius 2 is 1.58 bits per heavy atom. The molecule has 0 spiro atoms. The number of carboxylic acids is 2. The number of ether oxygens (including phenoxy) is 1. The van der Waals surface area contributed by atoms with Crippen LogP contribution in [0, 0.1) is 0 Å². The Bertz CT molecular complexity index is 2070. The van der Waals surface area contributed by atoms with E-state index in [0.717, 1.165) is 27.4 Å². The molecule has 6 bridgehead atoms. The summed E-state index contributed by atoms with van der Waals surface area (Å²) in [6, 6.07) is 20.9. The largest absolute Gasteiger partial charge is 0.493 e. The van der Waals surface area contributed by atoms with Crippen LogP contribution in [0.1, 0.15) is 10.4 Å². The highest BCUT2D eigenvalue weighted by Gasteiger charge is 2.38. The van der Waals surface area contributed by atoms with Gasteiger partial charge in [-0.25, -0.2) is 19.6 Å². The van der Waals surface area contributed by atoms with Crippen molar-refractivity contribution in [3.8, 4) is 5.75 Å². The van der Waals surface area contributed by atoms with Gasteiger partial charge in [-0.15, -0.1) is 11.8 Å². The maximum Gasteiger partial charge on any atom is 0.490 e. The SMILES string of the molecule is Cn1c(NC(=O)c2cc3cc(c2)OCCSc2cccc(c2)Nc2nc(ncc2Cl)N3)nc2ccccc21.O=C(O)C(F)(F)F.O=C(O)C(F)(F)F. The normalized spacial score (nSPS) is 12.5. The molecule has 0 unspecified atom stereocenters. The standard InChI is InChI=1S/C27H22ClN7O2S.2C2HF3O2/c1-35-23-8-3-2-7-22(23)32-27(35)34-25(36)16-11-18-13-19(12-16)37-9-10-38-20-6-4-5-17(14-20)30-24-21(28)15-29-26(31-18)33-24;2*3-2(4,5)1(6)7/h2-8,11-15H,9-10H2,1H3,(H,32,34,36)(H2,29,30,31,33);2*(H,6,7). The number of para-hydroxylation sites is 2. The van der Waals surface area contributed by atoms with E-state index < -0.39 is 24.3 Å². The zero-order valence-electron chi connectivity index (χ0n) is 26.2. The third-order valence-electron chi connectivity index (χ3n) is 6.38. The minimum absolute atomic E-state index is 0.316. The molecule has 13 nitrogen and oxygen atoms in total. The van der Waals surface area contributed by atoms with Crippen LogP contribution in [0.2, 0.25) is 5.02 Å². The Balaban J connectivity index is 0.000000367. The van der Waals surface area contributed by atoms with Gasteiger partial charge in [0.2, 0.25) is 11.9 Å². The number of imidazole rings is 1. The number of hydrogen-bond acceptors (Lipinski definition) is 10. The van der Waals surface area contributed by atoms with E-state index in [-0.39, 0.29) is 5.91 Å². The number of halogens is 7. The van der Waals surface area contributed by atoms with Crippen molar-refractivity contribution in [1.29, 1.82) is 0 Å². The van der Waals surface area contributed by atoms with E-state index in [4.69, 9.17) is 36.1 Å². The van der Waals surface area contributed by atoms with Crippen LogP contribution >= 0.6 is 23.4 Å². The summed E-state index contributed by atoms with van der Waals surface area (Å²) in [7, 11) is 1.86. The number of carboxylic acid groups (broad SMARTS) is 2. The molecule has 0 atom stereocenters. The Morgan fingerprint density at radius 1 is 0.904 bits per heavy atom. The molecular weight excluding hydrogens is 748 g/mol. The van der Waals surface area contributed by atoms with Gasteiger partial charge in [-0.3, -0.25) is 10.1 Å². The molecule has 2 aromatic heterocycles. The van der Waals surface area contributed by atoms with Crippen molar-refractivity contribution in [2.24, 2.45) is 7.05 Å². The molecule has 6 rings (SSSR count). The highest BCUT2D eigenvalue weighted by atomic mass is 35.5. The Hall–Kier alpha value is -5.76. The number of nitrogens with zero attached hydrogens (tertiary/aromatic N) is 4. The summed E-state index contributed by atoms with van der Waals surface area (Å²) >= 11 is 8.03. The number of amides is 1. The van der Waals surface area contributed by atoms with Gasteiger partial charge in [0.1, 0.15) is 10.8 Å². The van der Waals surface area contributed by atoms with Gasteiger partial charge in [-0.1, -0.05) is 29.8 Å². The molecule has 0 saturated carbocycles. The topological polar surface area (TPSA) is 181 Å². The number of alkyl halides is 6. The maximum absolute atomic E-state index is 13.3. The fourth-order valence-electron chi connectivity index (χ4n) is 4.08. The Kier molecular flexibility index (Phi) is 12.4. The number of fused-ring (bicyclic) bond motifs is 7. The van der Waals surface area contributed by atoms with Crippen LogP contribution in [-0.4, -0.2) is 72.3 Å². The summed E-state index contributed by atoms with van der Waals surface area (Å²) in [5, 5.41) is 24.0. The molecule has 0 saturated heterocycles. The van der Waals surface area contributed by atoms with E-state index in [1.807, 2.05) is 60.1 Å². The lowest BCUT2D eigenvalue weighted by Crippen LogP contribution is -2.21. The average molecular weight is 772 g/mol. The van der Waals surface area contributed by atoms with Gasteiger partial charge in [0.15, 0.2) is 5.82 Å². The third-order valence-corrected chi connectivity index (χ3v) is 7.62. The van der Waals surface area contributed by atoms with Crippen molar-refractivity contribution in [3.63, 3.8) is 0 Å². The van der Waals surface area contributed by atoms with Crippen molar-refractivity contribution < 1.29 is 55.7 Å². The van der Waals surface area contributed by atoms with Crippen LogP contribution in [0.25, 0.3) is 11.0 Å². The number of aliphatic carboxylic acids is 2. The predicted molar refractivity (Wildman–Crippen MR) is 179 cm³/mol. The van der Waals surface area contributed by atoms with E-state index in [1.165, 1.54) is 6.20 Å². The lowest BCUT2D eigenvalue weighted by Gasteiger charge is -2.13. The molecule has 21 heteroatoms. The number of carbonyl (C=O) groups excluding carboxylic acids is 1. The summed E-state index contributed by atoms with van der Waals surface area (Å²) in [6.07, 6.45) is -8.64. The quantitative estimate of drug-likeness (QED) is 0.112. The molecule has 3 aromatic carbocycles. The minimum atomic E-state index is -5.08. The van der Waals surface area contributed by atoms with Crippen molar-refractivity contribution in [2.45, 2.75) is 17.2 Å². The minimum Gasteiger partial charge on any atom is -0.493 e. The number of rotatable bonds is 2. The number of nitrogens with one attached hydrogen (secondary N) is 3. The molecule has 52 heavy (non-hydrogen) atoms. The van der Waals surface area contributed by atoms with Gasteiger partial charge in [-0.2, -0.15) is 31.3 Å². The number of carbonyl (C=O) groups is 3. The summed E-state index contributed by atoms with van der Waals surface area (Å²) < 4.78 is 71.4. The number of thioether (sulfide) groups is 1. The van der Waals surface area contributed by atoms with E-state index in [0.29, 0.717) is 46.3 Å². The molecule has 0 fully saturated rings. The molecule has 1 amide bonds. The van der Waals surface area contributed by atoms with Crippen LogP contribution in [0.15, 0.2) is 77.8 Å². The summed E-state index contributed by atoms with van der Waals surface area (Å²) in [5.41, 5.74) is 3.57. The van der Waals surface area contributed by atoms with Crippen LogP contribution in [-0.2, 0) is 16.6 Å². The highest BCUT2D eigenvalue weighted by molar-refractivity contribution is 7.99. The van der Waals surface area contributed by atoms with E-state index in [9.17, 15) is 31.1 Å². The van der Waals surface area contributed by atoms with Crippen molar-refractivity contribution in [3.05, 3.63) is 83.5 Å². The fourth-order valence-corrected chi connectivity index (χ4v) is 5.01. The highest BCUT2D eigenvalue weighted by Crippen LogP contribution is 2.30. The molecule has 0 aliphatic carbocycles. The number of hydrogen-bond donors (Lipinski definition) is 5. The number of benzene rings is 3. The van der Waals surface area contributed by atoms with Crippen molar-refractivity contribution in [2.75, 3.05) is 28.3 Å². The predicted octanol–water partition coefficient (Wildman–Crippen LogP) is 7.51. The fraction of sp³-hybridized carbons (Fsp3) is 0.161. The summed E-state index contributed by atoms with van der Waals surface area (Å²) in [5.74, 6) is -3.34. The first-order valence-electron chi connectivity index (χ1n) is 14.3. The average Bonchev–Trinajstić information content (AvgIpc) is 3.38. The van der Waals surface area contributed by atoms with Gasteiger partial charge >= 0.3 is 24.3 Å². The molecule has 5 aromatic rings. The van der Waals surface area contributed by atoms with E-state index >= 15 is 0 Å². The molecule has 274 valence electrons. The first-order chi connectivity index (χ1) is 24.4. The first kappa shape index (κ1) is 39.0. The second kappa shape index (κ2) is 16.5.